The molecule has 1 atom stereocenters. The molecule has 7 heteroatoms. The van der Waals surface area contributed by atoms with Crippen molar-refractivity contribution in [2.24, 2.45) is 11.5 Å². The molecular weight excluding hydrogens is 467 g/mol. The molecule has 23 heavy (non-hydrogen) atoms. The van der Waals surface area contributed by atoms with Crippen molar-refractivity contribution in [3.8, 4) is 0 Å². The standard InChI is InChI=1S/C9H15N3.C7H8N.2BrH.Co/c1-7-3-2-4-9(12-7)5-8(11)6-10;1-6-4-3-5-7(2)8-6;;;/h2-4,8H,5-6,10-11H2,1H3;3-5H,1H2,2H3;2*1H;/q;;;;+2/p-2. The third kappa shape index (κ3) is 11.0. The zero-order chi connectivity index (χ0) is 15.7. The van der Waals surface area contributed by atoms with Crippen LogP contribution in [-0.4, -0.2) is 22.6 Å². The molecule has 0 aliphatic rings. The van der Waals surface area contributed by atoms with Gasteiger partial charge in [0.05, 0.1) is 0 Å². The summed E-state index contributed by atoms with van der Waals surface area (Å²) in [6.07, 6.45) is 0.762. The van der Waals surface area contributed by atoms with Gasteiger partial charge in [-0.3, -0.25) is 4.98 Å². The Hall–Kier alpha value is -0.314. The number of hydrogen-bond donors (Lipinski definition) is 2. The summed E-state index contributed by atoms with van der Waals surface area (Å²) in [5, 5.41) is 0.717. The van der Waals surface area contributed by atoms with E-state index in [1.165, 1.54) is 0 Å². The van der Waals surface area contributed by atoms with Crippen LogP contribution in [-0.2, 0) is 27.5 Å². The summed E-state index contributed by atoms with van der Waals surface area (Å²) in [6, 6.07) is 11.9. The maximum Gasteiger partial charge on any atom is -1.00 e. The Morgan fingerprint density at radius 3 is 1.83 bits per heavy atom. The van der Waals surface area contributed by atoms with Gasteiger partial charge in [-0.1, -0.05) is 6.07 Å². The van der Waals surface area contributed by atoms with Gasteiger partial charge in [0.25, 0.3) is 0 Å². The van der Waals surface area contributed by atoms with Crippen molar-refractivity contribution < 1.29 is 49.7 Å². The van der Waals surface area contributed by atoms with Crippen molar-refractivity contribution in [2.75, 3.05) is 6.54 Å². The molecule has 0 fully saturated rings. The minimum absolute atomic E-state index is 0. The zero-order valence-electron chi connectivity index (χ0n) is 13.3. The van der Waals surface area contributed by atoms with E-state index in [4.69, 9.17) is 11.5 Å². The molecule has 2 rings (SSSR count). The zero-order valence-corrected chi connectivity index (χ0v) is 17.5. The molecule has 0 radical (unpaired) electrons. The van der Waals surface area contributed by atoms with E-state index >= 15 is 0 Å². The van der Waals surface area contributed by atoms with Crippen LogP contribution >= 0.6 is 0 Å². The van der Waals surface area contributed by atoms with E-state index in [1.54, 1.807) is 0 Å². The number of halogens is 2. The second-order valence-corrected chi connectivity index (χ2v) is 5.23. The van der Waals surface area contributed by atoms with Crippen molar-refractivity contribution in [1.29, 1.82) is 0 Å². The van der Waals surface area contributed by atoms with Gasteiger partial charge in [0, 0.05) is 30.4 Å². The van der Waals surface area contributed by atoms with Gasteiger partial charge in [-0.05, 0) is 19.1 Å². The Bertz CT molecular complexity index is 555. The summed E-state index contributed by atoms with van der Waals surface area (Å²) in [7, 11) is 0. The van der Waals surface area contributed by atoms with Gasteiger partial charge in [0.1, 0.15) is 0 Å². The number of hydrogen-bond acceptors (Lipinski definition) is 4. The third-order valence-electron chi connectivity index (χ3n) is 2.79. The van der Waals surface area contributed by atoms with Crippen LogP contribution in [0, 0.1) is 13.8 Å². The predicted molar refractivity (Wildman–Crippen MR) is 82.4 cm³/mol. The first-order valence-corrected chi connectivity index (χ1v) is 7.62. The smallest absolute Gasteiger partial charge is 1.00 e. The molecular formula is C16H23Br2CoN4. The van der Waals surface area contributed by atoms with Gasteiger partial charge >= 0.3 is 62.6 Å². The summed E-state index contributed by atoms with van der Waals surface area (Å²) in [4.78, 5) is 8.54. The molecule has 0 aliphatic carbocycles. The average Bonchev–Trinajstić information content (AvgIpc) is 2.47. The Morgan fingerprint density at radius 2 is 1.43 bits per heavy atom. The second kappa shape index (κ2) is 14.1. The van der Waals surface area contributed by atoms with E-state index in [2.05, 4.69) is 25.7 Å². The fourth-order valence-corrected chi connectivity index (χ4v) is 1.94. The summed E-state index contributed by atoms with van der Waals surface area (Å²) >= 11 is 4.14. The molecule has 0 saturated carbocycles. The van der Waals surface area contributed by atoms with Gasteiger partial charge in [-0.25, -0.2) is 0 Å². The van der Waals surface area contributed by atoms with Crippen LogP contribution in [0.3, 0.4) is 0 Å². The molecule has 130 valence electrons. The number of aromatic nitrogens is 2. The summed E-state index contributed by atoms with van der Waals surface area (Å²) in [5.41, 5.74) is 15.2. The third-order valence-corrected chi connectivity index (χ3v) is 3.16. The van der Waals surface area contributed by atoms with Gasteiger partial charge in [-0.15, -0.1) is 0 Å². The quantitative estimate of drug-likeness (QED) is 0.455. The maximum atomic E-state index is 5.69. The fraction of sp³-hybridized carbons (Fsp3) is 0.375. The predicted octanol–water partition coefficient (Wildman–Crippen LogP) is -4.34. The largest absolute Gasteiger partial charge is 1.00 e. The van der Waals surface area contributed by atoms with Crippen LogP contribution in [0.5, 0.6) is 0 Å². The number of nitrogens with two attached hydrogens (primary N) is 2. The monoisotopic (exact) mass is 488 g/mol. The molecule has 0 saturated heterocycles. The Morgan fingerprint density at radius 1 is 0.957 bits per heavy atom. The fourth-order valence-electron chi connectivity index (χ4n) is 1.73. The van der Waals surface area contributed by atoms with Crippen molar-refractivity contribution in [3.05, 3.63) is 59.2 Å². The molecule has 1 unspecified atom stereocenters. The van der Waals surface area contributed by atoms with E-state index in [1.807, 2.05) is 50.2 Å². The van der Waals surface area contributed by atoms with Crippen LogP contribution < -0.4 is 45.4 Å². The van der Waals surface area contributed by atoms with Crippen molar-refractivity contribution in [2.45, 2.75) is 31.7 Å². The molecule has 2 aromatic heterocycles. The molecule has 4 nitrogen and oxygen atoms in total. The van der Waals surface area contributed by atoms with Gasteiger partial charge in [0.15, 0.2) is 0 Å². The molecule has 0 amide bonds. The summed E-state index contributed by atoms with van der Waals surface area (Å²) in [5.74, 6) is 0. The van der Waals surface area contributed by atoms with Crippen molar-refractivity contribution >= 4 is 0 Å². The summed E-state index contributed by atoms with van der Waals surface area (Å²) < 4.78 is 0. The SMILES string of the molecule is Cc1cccc(CC(N)CN)n1.Cc1cccc([CH2][Co+2])n1.[Br-].[Br-]. The van der Waals surface area contributed by atoms with Crippen LogP contribution in [0.15, 0.2) is 36.4 Å². The number of aryl methyl sites for hydroxylation is 2. The molecule has 4 N–H and O–H groups in total. The summed E-state index contributed by atoms with van der Waals surface area (Å²) in [6.45, 7) is 4.46. The van der Waals surface area contributed by atoms with Gasteiger partial charge < -0.3 is 45.4 Å². The van der Waals surface area contributed by atoms with E-state index in [9.17, 15) is 0 Å². The van der Waals surface area contributed by atoms with Crippen LogP contribution in [0.2, 0.25) is 0 Å². The van der Waals surface area contributed by atoms with E-state index in [0.717, 1.165) is 29.2 Å². The second-order valence-electron chi connectivity index (χ2n) is 4.86. The van der Waals surface area contributed by atoms with Crippen LogP contribution in [0.25, 0.3) is 0 Å². The topological polar surface area (TPSA) is 77.8 Å². The van der Waals surface area contributed by atoms with Crippen LogP contribution in [0.1, 0.15) is 22.8 Å². The first-order valence-electron chi connectivity index (χ1n) is 6.88. The average molecular weight is 490 g/mol. The normalized spacial score (nSPS) is 10.5. The van der Waals surface area contributed by atoms with Crippen LogP contribution in [0.4, 0.5) is 0 Å². The van der Waals surface area contributed by atoms with Gasteiger partial charge in [-0.2, -0.15) is 0 Å². The Labute approximate surface area is 168 Å². The number of nitrogens with zero attached hydrogens (tertiary/aromatic N) is 2. The first-order chi connectivity index (χ1) is 10.0. The minimum Gasteiger partial charge on any atom is -1.00 e. The molecule has 0 aromatic carbocycles. The van der Waals surface area contributed by atoms with Crippen molar-refractivity contribution in [3.63, 3.8) is 0 Å². The number of pyridine rings is 2. The Kier molecular flexibility index (Phi) is 15.2. The minimum atomic E-state index is 0. The van der Waals surface area contributed by atoms with E-state index in [-0.39, 0.29) is 40.0 Å². The molecule has 2 heterocycles. The molecule has 0 bridgehead atoms. The molecule has 2 aromatic rings. The molecule has 0 spiro atoms. The Balaban J connectivity index is 0. The first kappa shape index (κ1) is 24.9. The number of rotatable bonds is 4. The maximum absolute atomic E-state index is 5.69. The van der Waals surface area contributed by atoms with Gasteiger partial charge in [0.2, 0.25) is 0 Å². The van der Waals surface area contributed by atoms with E-state index in [0.29, 0.717) is 11.9 Å². The molecule has 0 aliphatic heterocycles. The van der Waals surface area contributed by atoms with Crippen molar-refractivity contribution in [1.82, 2.24) is 9.97 Å². The van der Waals surface area contributed by atoms with E-state index < -0.39 is 0 Å².